The monoisotopic (exact) mass is 388 g/mol. The van der Waals surface area contributed by atoms with E-state index in [4.69, 9.17) is 4.74 Å². The zero-order valence-electron chi connectivity index (χ0n) is 18.6. The van der Waals surface area contributed by atoms with Crippen molar-refractivity contribution in [1.29, 1.82) is 0 Å². The molecule has 0 fully saturated rings. The number of rotatable bonds is 4. The van der Waals surface area contributed by atoms with Crippen LogP contribution < -0.4 is 0 Å². The Balaban J connectivity index is 3.09. The van der Waals surface area contributed by atoms with Gasteiger partial charge < -0.3 is 4.74 Å². The van der Waals surface area contributed by atoms with Gasteiger partial charge in [0.15, 0.2) is 5.78 Å². The average Bonchev–Trinajstić information content (AvgIpc) is 2.66. The minimum atomic E-state index is -0.104. The first kappa shape index (κ1) is 24.4. The van der Waals surface area contributed by atoms with E-state index in [0.29, 0.717) is 18.3 Å². The van der Waals surface area contributed by atoms with Crippen LogP contribution in [0.3, 0.4) is 0 Å². The van der Waals surface area contributed by atoms with Gasteiger partial charge in [-0.05, 0) is 63.4 Å². The molecule has 0 aromatic heterocycles. The number of carbonyl (C=O) groups is 2. The molecular formula is C25H40O3. The van der Waals surface area contributed by atoms with Gasteiger partial charge in [-0.2, -0.15) is 0 Å². The number of allylic oxidation sites excluding steroid dienone is 4. The molecule has 1 aliphatic rings. The van der Waals surface area contributed by atoms with Crippen LogP contribution in [0.1, 0.15) is 79.6 Å². The Labute approximate surface area is 172 Å². The van der Waals surface area contributed by atoms with Crippen LogP contribution in [0, 0.1) is 23.7 Å². The second-order valence-corrected chi connectivity index (χ2v) is 8.56. The SMILES string of the molecule is C=CC[C@@H]1C[C@@H](C)CCC(=O)O[C@H](CC)[C@@H](CC)/C=C(C)/C=C/C(=O)[C@H](C)C1. The average molecular weight is 389 g/mol. The van der Waals surface area contributed by atoms with E-state index in [1.165, 1.54) is 0 Å². The Bertz CT molecular complexity index is 572. The number of ketones is 1. The molecule has 0 radical (unpaired) electrons. The highest BCUT2D eigenvalue weighted by Crippen LogP contribution is 2.28. The van der Waals surface area contributed by atoms with Crippen LogP contribution in [-0.2, 0) is 14.3 Å². The maximum Gasteiger partial charge on any atom is 0.306 e. The van der Waals surface area contributed by atoms with Crippen molar-refractivity contribution in [2.24, 2.45) is 23.7 Å². The fraction of sp³-hybridized carbons (Fsp3) is 0.680. The summed E-state index contributed by atoms with van der Waals surface area (Å²) in [6, 6.07) is 0. The van der Waals surface area contributed by atoms with E-state index in [0.717, 1.165) is 44.1 Å². The van der Waals surface area contributed by atoms with Gasteiger partial charge in [0.1, 0.15) is 6.10 Å². The summed E-state index contributed by atoms with van der Waals surface area (Å²) in [6.45, 7) is 14.3. The summed E-state index contributed by atoms with van der Waals surface area (Å²) < 4.78 is 5.82. The molecule has 0 saturated carbocycles. The molecule has 1 aliphatic heterocycles. The summed E-state index contributed by atoms with van der Waals surface area (Å²) in [4.78, 5) is 25.0. The van der Waals surface area contributed by atoms with Crippen molar-refractivity contribution in [3.8, 4) is 0 Å². The maximum atomic E-state index is 12.6. The number of esters is 1. The van der Waals surface area contributed by atoms with Crippen molar-refractivity contribution in [2.75, 3.05) is 0 Å². The predicted molar refractivity (Wildman–Crippen MR) is 117 cm³/mol. The van der Waals surface area contributed by atoms with Gasteiger partial charge in [-0.15, -0.1) is 6.58 Å². The van der Waals surface area contributed by atoms with E-state index in [1.807, 2.05) is 26.0 Å². The smallest absolute Gasteiger partial charge is 0.306 e. The normalized spacial score (nSPS) is 34.2. The molecule has 0 amide bonds. The van der Waals surface area contributed by atoms with Crippen molar-refractivity contribution in [3.63, 3.8) is 0 Å². The Kier molecular flexibility index (Phi) is 11.1. The second kappa shape index (κ2) is 12.7. The number of carbonyl (C=O) groups excluding carboxylic acids is 2. The van der Waals surface area contributed by atoms with Gasteiger partial charge in [0.25, 0.3) is 0 Å². The molecule has 0 aromatic carbocycles. The number of ether oxygens (including phenoxy) is 1. The molecule has 0 aromatic rings. The lowest BCUT2D eigenvalue weighted by molar-refractivity contribution is -0.151. The van der Waals surface area contributed by atoms with E-state index < -0.39 is 0 Å². The molecule has 3 heteroatoms. The summed E-state index contributed by atoms with van der Waals surface area (Å²) in [5, 5.41) is 0. The van der Waals surface area contributed by atoms with Crippen LogP contribution in [0.2, 0.25) is 0 Å². The van der Waals surface area contributed by atoms with Crippen LogP contribution in [0.5, 0.6) is 0 Å². The third-order valence-corrected chi connectivity index (χ3v) is 5.87. The van der Waals surface area contributed by atoms with E-state index in [1.54, 1.807) is 6.08 Å². The summed E-state index contributed by atoms with van der Waals surface area (Å²) in [5.74, 6) is 1.13. The van der Waals surface area contributed by atoms with Crippen molar-refractivity contribution >= 4 is 11.8 Å². The van der Waals surface area contributed by atoms with Crippen molar-refractivity contribution in [3.05, 3.63) is 36.5 Å². The van der Waals surface area contributed by atoms with Gasteiger partial charge in [0, 0.05) is 18.3 Å². The van der Waals surface area contributed by atoms with Crippen molar-refractivity contribution in [2.45, 2.75) is 85.7 Å². The van der Waals surface area contributed by atoms with E-state index in [-0.39, 0.29) is 29.7 Å². The minimum Gasteiger partial charge on any atom is -0.462 e. The lowest BCUT2D eigenvalue weighted by Gasteiger charge is -2.25. The Hall–Kier alpha value is -1.64. The largest absolute Gasteiger partial charge is 0.462 e. The first-order valence-corrected chi connectivity index (χ1v) is 11.0. The zero-order valence-corrected chi connectivity index (χ0v) is 18.6. The maximum absolute atomic E-state index is 12.6. The quantitative estimate of drug-likeness (QED) is 0.411. The Morgan fingerprint density at radius 2 is 1.86 bits per heavy atom. The highest BCUT2D eigenvalue weighted by atomic mass is 16.5. The molecule has 0 spiro atoms. The molecular weight excluding hydrogens is 348 g/mol. The topological polar surface area (TPSA) is 43.4 Å². The van der Waals surface area contributed by atoms with Gasteiger partial charge in [-0.1, -0.05) is 51.5 Å². The molecule has 3 nitrogen and oxygen atoms in total. The van der Waals surface area contributed by atoms with Gasteiger partial charge in [0.2, 0.25) is 0 Å². The molecule has 1 rings (SSSR count). The summed E-state index contributed by atoms with van der Waals surface area (Å²) in [7, 11) is 0. The third-order valence-electron chi connectivity index (χ3n) is 5.87. The molecule has 0 unspecified atom stereocenters. The Morgan fingerprint density at radius 1 is 1.14 bits per heavy atom. The highest BCUT2D eigenvalue weighted by molar-refractivity contribution is 5.91. The summed E-state index contributed by atoms with van der Waals surface area (Å²) >= 11 is 0. The summed E-state index contributed by atoms with van der Waals surface area (Å²) in [6.07, 6.45) is 13.4. The van der Waals surface area contributed by atoms with Gasteiger partial charge >= 0.3 is 5.97 Å². The highest BCUT2D eigenvalue weighted by Gasteiger charge is 2.23. The zero-order chi connectivity index (χ0) is 21.1. The fourth-order valence-electron chi connectivity index (χ4n) is 4.15. The van der Waals surface area contributed by atoms with Crippen LogP contribution in [0.15, 0.2) is 36.5 Å². The summed E-state index contributed by atoms with van der Waals surface area (Å²) in [5.41, 5.74) is 1.05. The molecule has 158 valence electrons. The van der Waals surface area contributed by atoms with Crippen molar-refractivity contribution < 1.29 is 14.3 Å². The van der Waals surface area contributed by atoms with Gasteiger partial charge in [0.05, 0.1) is 0 Å². The minimum absolute atomic E-state index is 0.00411. The molecule has 0 saturated heterocycles. The predicted octanol–water partition coefficient (Wildman–Crippen LogP) is 6.44. The number of cyclic esters (lactones) is 1. The van der Waals surface area contributed by atoms with Crippen LogP contribution in [-0.4, -0.2) is 17.9 Å². The number of hydrogen-bond acceptors (Lipinski definition) is 3. The van der Waals surface area contributed by atoms with Crippen LogP contribution in [0.25, 0.3) is 0 Å². The first-order valence-electron chi connectivity index (χ1n) is 11.0. The van der Waals surface area contributed by atoms with Crippen LogP contribution >= 0.6 is 0 Å². The molecule has 28 heavy (non-hydrogen) atoms. The van der Waals surface area contributed by atoms with E-state index in [2.05, 4.69) is 33.4 Å². The van der Waals surface area contributed by atoms with Crippen molar-refractivity contribution in [1.82, 2.24) is 0 Å². The fourth-order valence-corrected chi connectivity index (χ4v) is 4.15. The molecule has 1 heterocycles. The van der Waals surface area contributed by atoms with E-state index >= 15 is 0 Å². The Morgan fingerprint density at radius 3 is 2.46 bits per heavy atom. The molecule has 0 bridgehead atoms. The second-order valence-electron chi connectivity index (χ2n) is 8.56. The van der Waals surface area contributed by atoms with Gasteiger partial charge in [-0.3, -0.25) is 9.59 Å². The lowest BCUT2D eigenvalue weighted by Crippen LogP contribution is -2.25. The van der Waals surface area contributed by atoms with E-state index in [9.17, 15) is 9.59 Å². The lowest BCUT2D eigenvalue weighted by atomic mass is 9.83. The molecule has 0 N–H and O–H groups in total. The third kappa shape index (κ3) is 8.58. The first-order chi connectivity index (χ1) is 13.3. The molecule has 0 aliphatic carbocycles. The number of hydrogen-bond donors (Lipinski definition) is 0. The molecule has 5 atom stereocenters. The van der Waals surface area contributed by atoms with Gasteiger partial charge in [-0.25, -0.2) is 0 Å². The standard InChI is InChI=1S/C25H40O3/c1-7-10-21-15-18(4)12-14-25(27)28-24(9-3)22(8-2)16-19(5)11-13-23(26)20(6)17-21/h7,11,13,16,18,20-22,24H,1,8-10,12,14-15,17H2,2-6H3/b13-11+,19-16+/t18-,20+,21+,22-,24+/m0/s1. The van der Waals surface area contributed by atoms with Crippen LogP contribution in [0.4, 0.5) is 0 Å².